The molecule has 2 unspecified atom stereocenters. The SMILES string of the molecule is CCC/C=C\C/C=C\CCCCCCCC(=O)OCCCCCCCCCCC/C=C\C/C=C\CCCCCCCCCC(=O)NC(CO)C(O)CCCCCCCCCCCCCCCCCCC. The zero-order valence-electron chi connectivity index (χ0n) is 46.7. The van der Waals surface area contributed by atoms with Crippen molar-refractivity contribution < 1.29 is 24.5 Å². The van der Waals surface area contributed by atoms with Gasteiger partial charge in [0.05, 0.1) is 25.4 Å². The minimum atomic E-state index is -0.672. The fraction of sp³-hybridized carbons (Fsp3) is 0.844. The van der Waals surface area contributed by atoms with E-state index in [-0.39, 0.29) is 18.5 Å². The number of carbonyl (C=O) groups is 2. The number of carbonyl (C=O) groups excluding carboxylic acids is 2. The lowest BCUT2D eigenvalue weighted by molar-refractivity contribution is -0.143. The quantitative estimate of drug-likeness (QED) is 0.0321. The molecule has 0 aliphatic rings. The molecule has 70 heavy (non-hydrogen) atoms. The van der Waals surface area contributed by atoms with Crippen LogP contribution in [-0.4, -0.2) is 47.4 Å². The smallest absolute Gasteiger partial charge is 0.305 e. The third-order valence-corrected chi connectivity index (χ3v) is 14.1. The van der Waals surface area contributed by atoms with Crippen molar-refractivity contribution in [1.82, 2.24) is 5.32 Å². The Hall–Kier alpha value is -2.18. The average Bonchev–Trinajstić information content (AvgIpc) is 3.36. The Morgan fingerprint density at radius 3 is 1.14 bits per heavy atom. The predicted molar refractivity (Wildman–Crippen MR) is 306 cm³/mol. The van der Waals surface area contributed by atoms with Gasteiger partial charge < -0.3 is 20.3 Å². The van der Waals surface area contributed by atoms with E-state index in [0.29, 0.717) is 25.9 Å². The number of aliphatic hydroxyl groups excluding tert-OH is 2. The molecular weight excluding hydrogens is 863 g/mol. The summed E-state index contributed by atoms with van der Waals surface area (Å²) in [7, 11) is 0. The van der Waals surface area contributed by atoms with E-state index < -0.39 is 12.1 Å². The highest BCUT2D eigenvalue weighted by Gasteiger charge is 2.20. The minimum absolute atomic E-state index is 0.00856. The second kappa shape index (κ2) is 59.4. The molecule has 3 N–H and O–H groups in total. The van der Waals surface area contributed by atoms with Gasteiger partial charge in [-0.05, 0) is 83.5 Å². The molecule has 0 aromatic rings. The van der Waals surface area contributed by atoms with Crippen LogP contribution in [0.5, 0.6) is 0 Å². The Morgan fingerprint density at radius 1 is 0.400 bits per heavy atom. The normalized spacial score (nSPS) is 12.9. The van der Waals surface area contributed by atoms with Crippen molar-refractivity contribution in [3.05, 3.63) is 48.6 Å². The van der Waals surface area contributed by atoms with Crippen molar-refractivity contribution in [1.29, 1.82) is 0 Å². The number of unbranched alkanes of at least 4 members (excludes halogenated alkanes) is 38. The van der Waals surface area contributed by atoms with Gasteiger partial charge >= 0.3 is 5.97 Å². The van der Waals surface area contributed by atoms with Crippen molar-refractivity contribution in [3.8, 4) is 0 Å². The fourth-order valence-electron chi connectivity index (χ4n) is 9.36. The molecule has 0 radical (unpaired) electrons. The first-order valence-corrected chi connectivity index (χ1v) is 30.9. The number of amides is 1. The molecule has 2 atom stereocenters. The van der Waals surface area contributed by atoms with Crippen LogP contribution in [0, 0.1) is 0 Å². The first kappa shape index (κ1) is 67.8. The molecule has 0 bridgehead atoms. The molecule has 0 aromatic carbocycles. The maximum Gasteiger partial charge on any atom is 0.305 e. The largest absolute Gasteiger partial charge is 0.466 e. The molecule has 0 saturated heterocycles. The molecule has 0 aliphatic heterocycles. The number of hydrogen-bond acceptors (Lipinski definition) is 5. The van der Waals surface area contributed by atoms with E-state index in [4.69, 9.17) is 4.74 Å². The third kappa shape index (κ3) is 55.1. The van der Waals surface area contributed by atoms with Crippen molar-refractivity contribution in [2.24, 2.45) is 0 Å². The highest BCUT2D eigenvalue weighted by atomic mass is 16.5. The van der Waals surface area contributed by atoms with Crippen LogP contribution in [-0.2, 0) is 14.3 Å². The van der Waals surface area contributed by atoms with Gasteiger partial charge in [0, 0.05) is 12.8 Å². The molecule has 0 saturated carbocycles. The summed E-state index contributed by atoms with van der Waals surface area (Å²) in [6, 6.07) is -0.550. The lowest BCUT2D eigenvalue weighted by Gasteiger charge is -2.22. The molecule has 1 amide bonds. The molecule has 0 fully saturated rings. The second-order valence-electron chi connectivity index (χ2n) is 21.0. The van der Waals surface area contributed by atoms with Gasteiger partial charge in [0.1, 0.15) is 0 Å². The molecule has 0 spiro atoms. The predicted octanol–water partition coefficient (Wildman–Crippen LogP) is 19.4. The van der Waals surface area contributed by atoms with Gasteiger partial charge in [-0.3, -0.25) is 9.59 Å². The number of rotatable bonds is 57. The Kier molecular flexibility index (Phi) is 57.5. The topological polar surface area (TPSA) is 95.9 Å². The summed E-state index contributed by atoms with van der Waals surface area (Å²) in [4.78, 5) is 24.5. The van der Waals surface area contributed by atoms with Gasteiger partial charge in [-0.25, -0.2) is 0 Å². The molecule has 0 aliphatic carbocycles. The molecule has 6 nitrogen and oxygen atoms in total. The summed E-state index contributed by atoms with van der Waals surface area (Å²) >= 11 is 0. The Labute approximate surface area is 436 Å². The summed E-state index contributed by atoms with van der Waals surface area (Å²) in [6.07, 6.45) is 75.4. The fourth-order valence-corrected chi connectivity index (χ4v) is 9.36. The van der Waals surface area contributed by atoms with Gasteiger partial charge in [-0.1, -0.05) is 274 Å². The van der Waals surface area contributed by atoms with E-state index in [1.165, 1.54) is 218 Å². The maximum atomic E-state index is 12.5. The van der Waals surface area contributed by atoms with Crippen molar-refractivity contribution >= 4 is 11.9 Å². The zero-order chi connectivity index (χ0) is 50.7. The third-order valence-electron chi connectivity index (χ3n) is 14.1. The van der Waals surface area contributed by atoms with Crippen LogP contribution >= 0.6 is 0 Å². The van der Waals surface area contributed by atoms with E-state index in [2.05, 4.69) is 67.8 Å². The summed E-state index contributed by atoms with van der Waals surface area (Å²) in [5, 5.41) is 23.3. The first-order chi connectivity index (χ1) is 34.5. The molecular formula is C64H119NO5. The van der Waals surface area contributed by atoms with Crippen LogP contribution in [0.4, 0.5) is 0 Å². The van der Waals surface area contributed by atoms with Gasteiger partial charge in [0.2, 0.25) is 5.91 Å². The highest BCUT2D eigenvalue weighted by molar-refractivity contribution is 5.76. The van der Waals surface area contributed by atoms with Gasteiger partial charge in [-0.2, -0.15) is 0 Å². The van der Waals surface area contributed by atoms with Gasteiger partial charge in [-0.15, -0.1) is 0 Å². The molecule has 0 heterocycles. The van der Waals surface area contributed by atoms with Crippen LogP contribution in [0.3, 0.4) is 0 Å². The van der Waals surface area contributed by atoms with Crippen LogP contribution < -0.4 is 5.32 Å². The van der Waals surface area contributed by atoms with E-state index in [1.54, 1.807) is 0 Å². The summed E-state index contributed by atoms with van der Waals surface area (Å²) in [5.74, 6) is -0.0528. The standard InChI is InChI=1S/C64H119NO5/c1-3-5-7-9-11-13-15-17-18-26-29-33-36-40-44-48-52-56-62(67)61(60-66)65-63(68)57-53-49-45-41-37-34-30-27-24-22-20-19-21-23-25-28-31-35-39-43-47-51-55-59-70-64(69)58-54-50-46-42-38-32-16-14-12-10-8-6-4-2/h8,10,14,16,19,21-22,24,61-62,66-67H,3-7,9,11-13,15,17-18,20,23,25-60H2,1-2H3,(H,65,68)/b10-8-,16-14-,21-19-,24-22-. The number of aliphatic hydroxyl groups is 2. The van der Waals surface area contributed by atoms with E-state index >= 15 is 0 Å². The van der Waals surface area contributed by atoms with Crippen LogP contribution in [0.25, 0.3) is 0 Å². The average molecular weight is 983 g/mol. The number of esters is 1. The van der Waals surface area contributed by atoms with Crippen LogP contribution in [0.2, 0.25) is 0 Å². The molecule has 6 heteroatoms. The van der Waals surface area contributed by atoms with Gasteiger partial charge in [0.25, 0.3) is 0 Å². The maximum absolute atomic E-state index is 12.5. The zero-order valence-corrected chi connectivity index (χ0v) is 46.7. The summed E-state index contributed by atoms with van der Waals surface area (Å²) < 4.78 is 5.46. The van der Waals surface area contributed by atoms with Crippen molar-refractivity contribution in [2.75, 3.05) is 13.2 Å². The summed E-state index contributed by atoms with van der Waals surface area (Å²) in [5.41, 5.74) is 0. The Morgan fingerprint density at radius 2 is 0.743 bits per heavy atom. The Bertz CT molecular complexity index is 1180. The van der Waals surface area contributed by atoms with Crippen molar-refractivity contribution in [2.45, 2.75) is 334 Å². The Balaban J connectivity index is 3.46. The monoisotopic (exact) mass is 982 g/mol. The van der Waals surface area contributed by atoms with Crippen LogP contribution in [0.1, 0.15) is 322 Å². The lowest BCUT2D eigenvalue weighted by atomic mass is 10.0. The van der Waals surface area contributed by atoms with Gasteiger partial charge in [0.15, 0.2) is 0 Å². The van der Waals surface area contributed by atoms with Crippen LogP contribution in [0.15, 0.2) is 48.6 Å². The van der Waals surface area contributed by atoms with E-state index in [0.717, 1.165) is 70.6 Å². The summed E-state index contributed by atoms with van der Waals surface area (Å²) in [6.45, 7) is 4.88. The second-order valence-corrected chi connectivity index (χ2v) is 21.0. The molecule has 410 valence electrons. The first-order valence-electron chi connectivity index (χ1n) is 30.9. The molecule has 0 aromatic heterocycles. The number of allylic oxidation sites excluding steroid dienone is 8. The highest BCUT2D eigenvalue weighted by Crippen LogP contribution is 2.17. The number of ether oxygens (including phenoxy) is 1. The number of hydrogen-bond donors (Lipinski definition) is 3. The lowest BCUT2D eigenvalue weighted by Crippen LogP contribution is -2.45. The van der Waals surface area contributed by atoms with E-state index in [1.807, 2.05) is 0 Å². The number of nitrogens with one attached hydrogen (secondary N) is 1. The van der Waals surface area contributed by atoms with Crippen molar-refractivity contribution in [3.63, 3.8) is 0 Å². The van der Waals surface area contributed by atoms with E-state index in [9.17, 15) is 19.8 Å². The minimum Gasteiger partial charge on any atom is -0.466 e. The molecule has 0 rings (SSSR count).